The number of alkyl halides is 2. The number of ketones is 1. The van der Waals surface area contributed by atoms with E-state index in [2.05, 4.69) is 5.32 Å². The van der Waals surface area contributed by atoms with Gasteiger partial charge in [0.1, 0.15) is 47.7 Å². The SMILES string of the molecule is CC(=O)O[C@@]12CO[C@@H]1C[C@H](O)[C@@]1(C)C(=O)[C@H](OCCl)C3=C(C)[C@@H](OC(=O)[C@H](OC(=O)OCCl)[C@@H](NC(=O)OC(C)(C)C)c4ccccc4)C[C@@](O)([C@@H](OC(=O)c4ccccc4)[C@H]21)C3(C)C. The first-order valence-corrected chi connectivity index (χ1v) is 22.1. The maximum absolute atomic E-state index is 15.5. The summed E-state index contributed by atoms with van der Waals surface area (Å²) in [5.41, 5.74) is -8.20. The maximum Gasteiger partial charge on any atom is 0.510 e. The summed E-state index contributed by atoms with van der Waals surface area (Å²) < 4.78 is 46.6. The predicted molar refractivity (Wildman–Crippen MR) is 229 cm³/mol. The van der Waals surface area contributed by atoms with Crippen molar-refractivity contribution in [3.8, 4) is 0 Å². The molecule has 3 fully saturated rings. The van der Waals surface area contributed by atoms with Crippen molar-refractivity contribution in [3.05, 3.63) is 82.9 Å². The Labute approximate surface area is 386 Å². The Hall–Kier alpha value is -4.78. The first-order valence-electron chi connectivity index (χ1n) is 21.0. The molecule has 4 aliphatic rings. The monoisotopic (exact) mass is 947 g/mol. The number of alkyl carbamates (subject to hydrolysis) is 1. The Kier molecular flexibility index (Phi) is 14.4. The molecule has 0 unspecified atom stereocenters. The van der Waals surface area contributed by atoms with Gasteiger partial charge in [0.05, 0.1) is 29.6 Å². The number of ether oxygens (including phenoxy) is 8. The number of fused-ring (bicyclic) bond motifs is 5. The molecule has 0 spiro atoms. The fourth-order valence-corrected chi connectivity index (χ4v) is 10.2. The molecule has 3 N–H and O–H groups in total. The van der Waals surface area contributed by atoms with Gasteiger partial charge < -0.3 is 53.4 Å². The van der Waals surface area contributed by atoms with E-state index in [1.807, 2.05) is 0 Å². The molecule has 1 saturated heterocycles. The zero-order valence-corrected chi connectivity index (χ0v) is 38.8. The van der Waals surface area contributed by atoms with Crippen molar-refractivity contribution in [1.82, 2.24) is 5.32 Å². The van der Waals surface area contributed by atoms with Gasteiger partial charge in [0.2, 0.25) is 6.10 Å². The van der Waals surface area contributed by atoms with Crippen LogP contribution in [0.25, 0.3) is 0 Å². The molecule has 17 nitrogen and oxygen atoms in total. The second-order valence-corrected chi connectivity index (χ2v) is 18.9. The zero-order chi connectivity index (χ0) is 47.9. The van der Waals surface area contributed by atoms with Crippen LogP contribution in [0.5, 0.6) is 0 Å². The summed E-state index contributed by atoms with van der Waals surface area (Å²) >= 11 is 11.9. The van der Waals surface area contributed by atoms with E-state index in [-0.39, 0.29) is 35.3 Å². The number of carbonyl (C=O) groups is 6. The van der Waals surface area contributed by atoms with Crippen LogP contribution in [0, 0.1) is 16.7 Å². The second-order valence-electron chi connectivity index (χ2n) is 18.4. The van der Waals surface area contributed by atoms with Crippen molar-refractivity contribution in [2.24, 2.45) is 16.7 Å². The molecule has 65 heavy (non-hydrogen) atoms. The molecular weight excluding hydrogens is 893 g/mol. The fraction of sp³-hybridized carbons (Fsp3) is 0.565. The lowest BCUT2D eigenvalue weighted by Gasteiger charge is -2.67. The number of aliphatic hydroxyl groups is 2. The molecule has 11 atom stereocenters. The Morgan fingerprint density at radius 2 is 1.58 bits per heavy atom. The fourth-order valence-electron chi connectivity index (χ4n) is 10.0. The number of hydrogen-bond acceptors (Lipinski definition) is 16. The molecule has 2 saturated carbocycles. The predicted octanol–water partition coefficient (Wildman–Crippen LogP) is 5.84. The number of Topliss-reactive ketones (excluding diaryl/α,β-unsaturated/α-hetero) is 1. The van der Waals surface area contributed by atoms with E-state index < -0.39 is 131 Å². The third-order valence-electron chi connectivity index (χ3n) is 13.1. The Bertz CT molecular complexity index is 2180. The van der Waals surface area contributed by atoms with Gasteiger partial charge in [0.15, 0.2) is 17.5 Å². The molecule has 2 bridgehead atoms. The smallest absolute Gasteiger partial charge is 0.455 e. The van der Waals surface area contributed by atoms with Crippen molar-refractivity contribution in [2.75, 3.05) is 18.7 Å². The van der Waals surface area contributed by atoms with Crippen molar-refractivity contribution in [1.29, 1.82) is 0 Å². The molecule has 0 aromatic heterocycles. The summed E-state index contributed by atoms with van der Waals surface area (Å²) in [6.45, 7) is 11.9. The minimum Gasteiger partial charge on any atom is -0.455 e. The maximum atomic E-state index is 15.5. The average molecular weight is 949 g/mol. The van der Waals surface area contributed by atoms with E-state index in [1.54, 1.807) is 83.1 Å². The average Bonchev–Trinajstić information content (AvgIpc) is 3.23. The number of nitrogens with one attached hydrogen (secondary N) is 1. The number of halogens is 2. The summed E-state index contributed by atoms with van der Waals surface area (Å²) in [6, 6.07) is 13.1. The lowest BCUT2D eigenvalue weighted by Crippen LogP contribution is -2.81. The summed E-state index contributed by atoms with van der Waals surface area (Å²) in [5.74, 6) is -5.29. The molecular formula is C46H55Cl2NO16. The summed E-state index contributed by atoms with van der Waals surface area (Å²) in [7, 11) is 0. The van der Waals surface area contributed by atoms with Gasteiger partial charge in [0, 0.05) is 25.2 Å². The van der Waals surface area contributed by atoms with E-state index in [0.29, 0.717) is 0 Å². The van der Waals surface area contributed by atoms with Crippen molar-refractivity contribution in [3.63, 3.8) is 0 Å². The molecule has 1 aliphatic heterocycles. The van der Waals surface area contributed by atoms with E-state index >= 15 is 4.79 Å². The highest BCUT2D eigenvalue weighted by molar-refractivity contribution is 6.17. The topological polar surface area (TPSA) is 229 Å². The number of amides is 1. The first kappa shape index (κ1) is 49.6. The van der Waals surface area contributed by atoms with Gasteiger partial charge >= 0.3 is 30.2 Å². The van der Waals surface area contributed by atoms with Crippen LogP contribution >= 0.6 is 23.2 Å². The molecule has 2 aromatic rings. The summed E-state index contributed by atoms with van der Waals surface area (Å²) in [4.78, 5) is 84.1. The number of esters is 3. The van der Waals surface area contributed by atoms with Gasteiger partial charge in [-0.25, -0.2) is 19.2 Å². The van der Waals surface area contributed by atoms with E-state index in [4.69, 9.17) is 61.1 Å². The van der Waals surface area contributed by atoms with Gasteiger partial charge in [-0.1, -0.05) is 85.6 Å². The third kappa shape index (κ3) is 9.19. The lowest BCUT2D eigenvalue weighted by molar-refractivity contribution is -0.346. The third-order valence-corrected chi connectivity index (χ3v) is 13.4. The van der Waals surface area contributed by atoms with Gasteiger partial charge in [-0.2, -0.15) is 0 Å². The largest absolute Gasteiger partial charge is 0.510 e. The Morgan fingerprint density at radius 3 is 2.14 bits per heavy atom. The summed E-state index contributed by atoms with van der Waals surface area (Å²) in [6.07, 6.45) is -12.8. The van der Waals surface area contributed by atoms with Crippen LogP contribution in [0.15, 0.2) is 71.8 Å². The van der Waals surface area contributed by atoms with Crippen molar-refractivity contribution in [2.45, 2.75) is 128 Å². The molecule has 6 rings (SSSR count). The van der Waals surface area contributed by atoms with Crippen LogP contribution in [0.2, 0.25) is 0 Å². The van der Waals surface area contributed by atoms with E-state index in [9.17, 15) is 34.2 Å². The number of carbonyl (C=O) groups excluding carboxylic acids is 6. The molecule has 1 heterocycles. The molecule has 19 heteroatoms. The number of rotatable bonds is 12. The highest BCUT2D eigenvalue weighted by Gasteiger charge is 2.78. The molecule has 2 aromatic carbocycles. The van der Waals surface area contributed by atoms with Gasteiger partial charge in [-0.3, -0.25) is 9.59 Å². The summed E-state index contributed by atoms with van der Waals surface area (Å²) in [5, 5.41) is 28.5. The van der Waals surface area contributed by atoms with Crippen LogP contribution in [-0.4, -0.2) is 118 Å². The zero-order valence-electron chi connectivity index (χ0n) is 37.3. The van der Waals surface area contributed by atoms with E-state index in [0.717, 1.165) is 6.92 Å². The van der Waals surface area contributed by atoms with Gasteiger partial charge in [-0.05, 0) is 63.5 Å². The first-order chi connectivity index (χ1) is 30.5. The molecule has 3 aliphatic carbocycles. The van der Waals surface area contributed by atoms with Crippen molar-refractivity contribution >= 4 is 59.1 Å². The van der Waals surface area contributed by atoms with Crippen molar-refractivity contribution < 1.29 is 76.9 Å². The second kappa shape index (κ2) is 18.8. The highest BCUT2D eigenvalue weighted by Crippen LogP contribution is 2.64. The molecule has 1 amide bonds. The number of aliphatic hydroxyl groups excluding tert-OH is 1. The Morgan fingerprint density at radius 1 is 0.954 bits per heavy atom. The van der Waals surface area contributed by atoms with Crippen LogP contribution in [0.4, 0.5) is 9.59 Å². The number of hydrogen-bond donors (Lipinski definition) is 3. The van der Waals surface area contributed by atoms with Crippen LogP contribution in [-0.2, 0) is 52.3 Å². The van der Waals surface area contributed by atoms with Gasteiger partial charge in [-0.15, -0.1) is 0 Å². The minimum atomic E-state index is -2.40. The van der Waals surface area contributed by atoms with Crippen LogP contribution < -0.4 is 5.32 Å². The Balaban J connectivity index is 1.56. The van der Waals surface area contributed by atoms with E-state index in [1.165, 1.54) is 26.0 Å². The number of benzene rings is 2. The minimum absolute atomic E-state index is 0.0608. The molecule has 354 valence electrons. The standard InChI is InChI=1S/C46H55Cl2NO16/c1-24-28(61-39(54)34(62-41(56)60-23-48)32(26-15-11-9-12-16-26)49-40(55)65-42(3,4)5)20-46(57)37(63-38(53)27-17-13-10-14-18-27)35-44(8,36(52)33(59-22-47)31(24)43(46,6)7)29(51)19-30-45(35,21-58-30)64-25(2)50/h9-18,28-30,32-35,37,51,57H,19-23H2,1-8H3,(H,49,55)/t28-,29-,30+,32-,33+,34+,35-,37-,44+,45-,46+/m0/s1. The highest BCUT2D eigenvalue weighted by atomic mass is 35.5. The normalized spacial score (nSPS) is 31.2. The molecule has 0 radical (unpaired) electrons. The quantitative estimate of drug-likeness (QED) is 0.0983. The van der Waals surface area contributed by atoms with Crippen LogP contribution in [0.3, 0.4) is 0 Å². The lowest BCUT2D eigenvalue weighted by atomic mass is 9.44. The van der Waals surface area contributed by atoms with Gasteiger partial charge in [0.25, 0.3) is 0 Å². The van der Waals surface area contributed by atoms with Crippen LogP contribution in [0.1, 0.15) is 90.2 Å².